The number of nitrogens with one attached hydrogen (secondary N) is 1. The van der Waals surface area contributed by atoms with E-state index in [4.69, 9.17) is 5.26 Å². The molecular formula is C15H19BrN2O. The van der Waals surface area contributed by atoms with E-state index < -0.39 is 0 Å². The molecule has 0 fully saturated rings. The van der Waals surface area contributed by atoms with Crippen LogP contribution in [0.15, 0.2) is 24.3 Å². The lowest BCUT2D eigenvalue weighted by molar-refractivity contribution is 0.0952. The Morgan fingerprint density at radius 1 is 1.47 bits per heavy atom. The number of hydrogen-bond donors (Lipinski definition) is 1. The van der Waals surface area contributed by atoms with Crippen molar-refractivity contribution in [2.24, 2.45) is 5.41 Å². The summed E-state index contributed by atoms with van der Waals surface area (Å²) in [7, 11) is 0. The van der Waals surface area contributed by atoms with E-state index in [2.05, 4.69) is 42.0 Å². The van der Waals surface area contributed by atoms with Gasteiger partial charge in [-0.15, -0.1) is 0 Å². The molecule has 0 bridgehead atoms. The summed E-state index contributed by atoms with van der Waals surface area (Å²) in [5.41, 5.74) is 1.24. The van der Waals surface area contributed by atoms with Gasteiger partial charge < -0.3 is 5.32 Å². The highest BCUT2D eigenvalue weighted by molar-refractivity contribution is 9.09. The van der Waals surface area contributed by atoms with E-state index in [0.29, 0.717) is 17.7 Å². The van der Waals surface area contributed by atoms with Crippen molar-refractivity contribution in [1.29, 1.82) is 5.26 Å². The first-order valence-electron chi connectivity index (χ1n) is 6.24. The third-order valence-electron chi connectivity index (χ3n) is 2.57. The molecule has 1 aromatic rings. The molecule has 1 aromatic carbocycles. The zero-order valence-electron chi connectivity index (χ0n) is 11.5. The van der Waals surface area contributed by atoms with Gasteiger partial charge >= 0.3 is 0 Å². The van der Waals surface area contributed by atoms with Crippen LogP contribution in [0.5, 0.6) is 0 Å². The predicted molar refractivity (Wildman–Crippen MR) is 80.3 cm³/mol. The molecule has 1 unspecified atom stereocenters. The lowest BCUT2D eigenvalue weighted by atomic mass is 9.90. The summed E-state index contributed by atoms with van der Waals surface area (Å²) in [4.78, 5) is 12.2. The van der Waals surface area contributed by atoms with Crippen molar-refractivity contribution in [3.63, 3.8) is 0 Å². The van der Waals surface area contributed by atoms with Gasteiger partial charge in [0.05, 0.1) is 11.6 Å². The number of nitriles is 1. The fraction of sp³-hybridized carbons (Fsp3) is 0.467. The first-order chi connectivity index (χ1) is 8.81. The fourth-order valence-corrected chi connectivity index (χ4v) is 2.91. The molecule has 0 saturated heterocycles. The van der Waals surface area contributed by atoms with Crippen molar-refractivity contribution >= 4 is 21.8 Å². The monoisotopic (exact) mass is 322 g/mol. The Kier molecular flexibility index (Phi) is 5.56. The van der Waals surface area contributed by atoms with Crippen molar-refractivity contribution in [2.75, 3.05) is 6.54 Å². The molecule has 4 heteroatoms. The molecule has 102 valence electrons. The smallest absolute Gasteiger partial charge is 0.251 e. The molecule has 0 aliphatic carbocycles. The molecule has 0 saturated carbocycles. The Hall–Kier alpha value is -1.34. The molecule has 0 aliphatic rings. The maximum absolute atomic E-state index is 11.9. The van der Waals surface area contributed by atoms with E-state index in [0.717, 1.165) is 6.42 Å². The minimum Gasteiger partial charge on any atom is -0.351 e. The minimum atomic E-state index is -0.143. The Bertz CT molecular complexity index is 486. The maximum atomic E-state index is 11.9. The van der Waals surface area contributed by atoms with Crippen molar-refractivity contribution in [1.82, 2.24) is 5.32 Å². The highest BCUT2D eigenvalue weighted by Crippen LogP contribution is 2.24. The van der Waals surface area contributed by atoms with Gasteiger partial charge in [-0.3, -0.25) is 4.79 Å². The summed E-state index contributed by atoms with van der Waals surface area (Å²) < 4.78 is 0. The first kappa shape index (κ1) is 15.7. The zero-order chi connectivity index (χ0) is 14.5. The predicted octanol–water partition coefficient (Wildman–Crippen LogP) is 3.49. The molecule has 1 N–H and O–H groups in total. The van der Waals surface area contributed by atoms with Crippen LogP contribution in [0.3, 0.4) is 0 Å². The van der Waals surface area contributed by atoms with Crippen LogP contribution in [-0.2, 0) is 0 Å². The third-order valence-corrected chi connectivity index (χ3v) is 3.22. The first-order valence-corrected chi connectivity index (χ1v) is 7.16. The molecule has 1 rings (SSSR count). The van der Waals surface area contributed by atoms with Crippen molar-refractivity contribution < 1.29 is 4.79 Å². The fourth-order valence-electron chi connectivity index (χ4n) is 1.77. The standard InChI is InChI=1S/C15H19BrN2O/c1-15(2,3)8-13(16)10-18-14(19)12-6-4-5-11(7-12)9-17/h4-7,13H,8,10H2,1-3H3,(H,18,19). The lowest BCUT2D eigenvalue weighted by Crippen LogP contribution is -2.31. The lowest BCUT2D eigenvalue weighted by Gasteiger charge is -2.22. The second-order valence-electron chi connectivity index (χ2n) is 5.76. The summed E-state index contributed by atoms with van der Waals surface area (Å²) in [5, 5.41) is 11.7. The maximum Gasteiger partial charge on any atom is 0.251 e. The van der Waals surface area contributed by atoms with Crippen LogP contribution in [0.25, 0.3) is 0 Å². The molecule has 3 nitrogen and oxygen atoms in total. The Labute approximate surface area is 123 Å². The normalized spacial score (nSPS) is 12.6. The summed E-state index contributed by atoms with van der Waals surface area (Å²) in [6.45, 7) is 7.07. The molecule has 0 heterocycles. The highest BCUT2D eigenvalue weighted by atomic mass is 79.9. The largest absolute Gasteiger partial charge is 0.351 e. The molecule has 1 atom stereocenters. The minimum absolute atomic E-state index is 0.143. The molecule has 1 amide bonds. The summed E-state index contributed by atoms with van der Waals surface area (Å²) >= 11 is 3.58. The van der Waals surface area contributed by atoms with Gasteiger partial charge in [0.2, 0.25) is 0 Å². The van der Waals surface area contributed by atoms with Gasteiger partial charge in [-0.1, -0.05) is 42.8 Å². The molecule has 0 aliphatic heterocycles. The van der Waals surface area contributed by atoms with Gasteiger partial charge in [0.25, 0.3) is 5.91 Å². The van der Waals surface area contributed by atoms with Crippen molar-refractivity contribution in [3.05, 3.63) is 35.4 Å². The van der Waals surface area contributed by atoms with E-state index in [9.17, 15) is 4.79 Å². The van der Waals surface area contributed by atoms with Crippen LogP contribution < -0.4 is 5.32 Å². The van der Waals surface area contributed by atoms with Crippen molar-refractivity contribution in [3.8, 4) is 6.07 Å². The van der Waals surface area contributed by atoms with Gasteiger partial charge in [-0.25, -0.2) is 0 Å². The van der Waals surface area contributed by atoms with Crippen LogP contribution in [0.4, 0.5) is 0 Å². The van der Waals surface area contributed by atoms with Gasteiger partial charge in [-0.2, -0.15) is 5.26 Å². The number of carbonyl (C=O) groups is 1. The Balaban J connectivity index is 2.54. The number of rotatable bonds is 4. The number of benzene rings is 1. The van der Waals surface area contributed by atoms with E-state index in [1.807, 2.05) is 6.07 Å². The summed E-state index contributed by atoms with van der Waals surface area (Å²) in [6.07, 6.45) is 0.978. The molecular weight excluding hydrogens is 304 g/mol. The average molecular weight is 323 g/mol. The van der Waals surface area contributed by atoms with E-state index in [-0.39, 0.29) is 16.1 Å². The number of amides is 1. The number of carbonyl (C=O) groups excluding carboxylic acids is 1. The molecule has 19 heavy (non-hydrogen) atoms. The number of alkyl halides is 1. The Morgan fingerprint density at radius 2 is 2.16 bits per heavy atom. The van der Waals surface area contributed by atoms with Gasteiger partial charge in [0.15, 0.2) is 0 Å². The molecule has 0 spiro atoms. The van der Waals surface area contributed by atoms with Crippen LogP contribution in [0.2, 0.25) is 0 Å². The topological polar surface area (TPSA) is 52.9 Å². The summed E-state index contributed by atoms with van der Waals surface area (Å²) in [5.74, 6) is -0.143. The number of hydrogen-bond acceptors (Lipinski definition) is 2. The quantitative estimate of drug-likeness (QED) is 0.863. The number of halogens is 1. The van der Waals surface area contributed by atoms with E-state index in [1.165, 1.54) is 0 Å². The second-order valence-corrected chi connectivity index (χ2v) is 7.06. The average Bonchev–Trinajstić information content (AvgIpc) is 2.34. The van der Waals surface area contributed by atoms with E-state index >= 15 is 0 Å². The van der Waals surface area contributed by atoms with Crippen LogP contribution in [0.1, 0.15) is 43.1 Å². The second kappa shape index (κ2) is 6.72. The highest BCUT2D eigenvalue weighted by Gasteiger charge is 2.17. The van der Waals surface area contributed by atoms with Gasteiger partial charge in [-0.05, 0) is 30.0 Å². The van der Waals surface area contributed by atoms with Gasteiger partial charge in [0, 0.05) is 16.9 Å². The number of nitrogens with zero attached hydrogens (tertiary/aromatic N) is 1. The van der Waals surface area contributed by atoms with Crippen molar-refractivity contribution in [2.45, 2.75) is 32.0 Å². The molecule has 0 radical (unpaired) electrons. The van der Waals surface area contributed by atoms with Crippen LogP contribution in [-0.4, -0.2) is 17.3 Å². The van der Waals surface area contributed by atoms with E-state index in [1.54, 1.807) is 24.3 Å². The third kappa shape index (κ3) is 5.89. The SMILES string of the molecule is CC(C)(C)CC(Br)CNC(=O)c1cccc(C#N)c1. The van der Waals surface area contributed by atoms with Gasteiger partial charge in [0.1, 0.15) is 0 Å². The Morgan fingerprint density at radius 3 is 2.74 bits per heavy atom. The van der Waals surface area contributed by atoms with Crippen LogP contribution in [0, 0.1) is 16.7 Å². The molecule has 0 aromatic heterocycles. The van der Waals surface area contributed by atoms with Crippen LogP contribution >= 0.6 is 15.9 Å². The zero-order valence-corrected chi connectivity index (χ0v) is 13.1. The summed E-state index contributed by atoms with van der Waals surface area (Å²) in [6, 6.07) is 8.74.